The Morgan fingerprint density at radius 1 is 1.39 bits per heavy atom. The highest BCUT2D eigenvalue weighted by Gasteiger charge is 2.09. The summed E-state index contributed by atoms with van der Waals surface area (Å²) in [7, 11) is 1.96. The zero-order valence-corrected chi connectivity index (χ0v) is 12.8. The van der Waals surface area contributed by atoms with Crippen molar-refractivity contribution in [1.82, 2.24) is 5.32 Å². The molecule has 0 aliphatic carbocycles. The van der Waals surface area contributed by atoms with Crippen LogP contribution in [0.4, 0.5) is 0 Å². The average molecular weight is 326 g/mol. The Morgan fingerprint density at radius 3 is 2.83 bits per heavy atom. The van der Waals surface area contributed by atoms with Gasteiger partial charge in [0, 0.05) is 26.3 Å². The van der Waals surface area contributed by atoms with Crippen LogP contribution in [0.15, 0.2) is 40.2 Å². The molecule has 1 aromatic heterocycles. The third-order valence-electron chi connectivity index (χ3n) is 2.81. The van der Waals surface area contributed by atoms with Crippen molar-refractivity contribution in [3.63, 3.8) is 0 Å². The van der Waals surface area contributed by atoms with Gasteiger partial charge in [0.05, 0.1) is 0 Å². The van der Waals surface area contributed by atoms with Crippen LogP contribution in [0, 0.1) is 0 Å². The molecule has 0 saturated heterocycles. The minimum absolute atomic E-state index is 0.288. The first kappa shape index (κ1) is 13.6. The Hall–Kier alpha value is -0.840. The maximum atomic E-state index is 5.91. The lowest BCUT2D eigenvalue weighted by Gasteiger charge is -2.15. The fraction of sp³-hybridized carbons (Fsp3) is 0.286. The first-order valence-electron chi connectivity index (χ1n) is 5.82. The molecule has 2 rings (SSSR count). The van der Waals surface area contributed by atoms with Gasteiger partial charge in [-0.2, -0.15) is 0 Å². The van der Waals surface area contributed by atoms with Crippen LogP contribution in [0.25, 0.3) is 0 Å². The number of halogens is 1. The maximum absolute atomic E-state index is 5.91. The predicted molar refractivity (Wildman–Crippen MR) is 80.3 cm³/mol. The lowest BCUT2D eigenvalue weighted by atomic mass is 10.1. The van der Waals surface area contributed by atoms with Crippen molar-refractivity contribution in [2.75, 3.05) is 7.05 Å². The maximum Gasteiger partial charge on any atom is 0.124 e. The van der Waals surface area contributed by atoms with E-state index < -0.39 is 0 Å². The normalized spacial score (nSPS) is 12.4. The molecule has 1 unspecified atom stereocenters. The topological polar surface area (TPSA) is 21.3 Å². The van der Waals surface area contributed by atoms with E-state index in [9.17, 15) is 0 Å². The van der Waals surface area contributed by atoms with Crippen molar-refractivity contribution in [3.05, 3.63) is 50.6 Å². The molecular weight excluding hydrogens is 310 g/mol. The van der Waals surface area contributed by atoms with Crippen LogP contribution >= 0.6 is 27.3 Å². The van der Waals surface area contributed by atoms with Gasteiger partial charge in [0.2, 0.25) is 0 Å². The zero-order chi connectivity index (χ0) is 13.0. The first-order valence-corrected chi connectivity index (χ1v) is 7.50. The van der Waals surface area contributed by atoms with Gasteiger partial charge < -0.3 is 10.1 Å². The summed E-state index contributed by atoms with van der Waals surface area (Å²) in [5.41, 5.74) is 1.19. The molecule has 0 aliphatic rings. The number of thiophene rings is 1. The Kier molecular flexibility index (Phi) is 4.80. The molecule has 4 heteroatoms. The Bertz CT molecular complexity index is 512. The van der Waals surface area contributed by atoms with E-state index in [-0.39, 0.29) is 6.04 Å². The van der Waals surface area contributed by atoms with Crippen LogP contribution in [0.3, 0.4) is 0 Å². The fourth-order valence-electron chi connectivity index (χ4n) is 1.70. The molecule has 1 heterocycles. The second kappa shape index (κ2) is 6.36. The SMILES string of the molecule is CNC(C)c1ccccc1OCc1cc(Br)cs1. The van der Waals surface area contributed by atoms with Crippen LogP contribution in [0.1, 0.15) is 23.4 Å². The lowest BCUT2D eigenvalue weighted by molar-refractivity contribution is 0.303. The molecule has 0 saturated carbocycles. The highest BCUT2D eigenvalue weighted by molar-refractivity contribution is 9.10. The van der Waals surface area contributed by atoms with Crippen molar-refractivity contribution in [3.8, 4) is 5.75 Å². The standard InChI is InChI=1S/C14H16BrNOS/c1-10(16-2)13-5-3-4-6-14(13)17-8-12-7-11(15)9-18-12/h3-7,9-10,16H,8H2,1-2H3. The predicted octanol–water partition coefficient (Wildman–Crippen LogP) is 4.37. The molecule has 0 fully saturated rings. The molecule has 0 radical (unpaired) electrons. The van der Waals surface area contributed by atoms with Gasteiger partial charge in [-0.05, 0) is 42.0 Å². The molecule has 2 nitrogen and oxygen atoms in total. The molecule has 0 aliphatic heterocycles. The minimum atomic E-state index is 0.288. The molecule has 1 atom stereocenters. The Balaban J connectivity index is 2.09. The van der Waals surface area contributed by atoms with Crippen LogP contribution in [-0.2, 0) is 6.61 Å². The van der Waals surface area contributed by atoms with Gasteiger partial charge in [0.1, 0.15) is 12.4 Å². The van der Waals surface area contributed by atoms with Crippen LogP contribution in [-0.4, -0.2) is 7.05 Å². The van der Waals surface area contributed by atoms with Crippen LogP contribution < -0.4 is 10.1 Å². The summed E-state index contributed by atoms with van der Waals surface area (Å²) in [6, 6.07) is 10.5. The number of rotatable bonds is 5. The quantitative estimate of drug-likeness (QED) is 0.881. The summed E-state index contributed by atoms with van der Waals surface area (Å²) >= 11 is 5.15. The van der Waals surface area contributed by atoms with Gasteiger partial charge in [0.25, 0.3) is 0 Å². The van der Waals surface area contributed by atoms with E-state index in [1.807, 2.05) is 25.2 Å². The first-order chi connectivity index (χ1) is 8.70. The third kappa shape index (κ3) is 3.34. The summed E-state index contributed by atoms with van der Waals surface area (Å²) in [6.45, 7) is 2.74. The van der Waals surface area contributed by atoms with Crippen LogP contribution in [0.2, 0.25) is 0 Å². The number of para-hydroxylation sites is 1. The summed E-state index contributed by atoms with van der Waals surface area (Å²) in [5.74, 6) is 0.948. The third-order valence-corrected chi connectivity index (χ3v) is 4.48. The van der Waals surface area contributed by atoms with E-state index >= 15 is 0 Å². The van der Waals surface area contributed by atoms with Gasteiger partial charge >= 0.3 is 0 Å². The molecule has 0 spiro atoms. The number of hydrogen-bond donors (Lipinski definition) is 1. The molecule has 2 aromatic rings. The smallest absolute Gasteiger partial charge is 0.124 e. The van der Waals surface area contributed by atoms with E-state index in [1.54, 1.807) is 11.3 Å². The Labute approximate surface area is 120 Å². The average Bonchev–Trinajstić information content (AvgIpc) is 2.81. The van der Waals surface area contributed by atoms with E-state index in [1.165, 1.54) is 10.4 Å². The molecule has 0 bridgehead atoms. The summed E-state index contributed by atoms with van der Waals surface area (Å²) in [5, 5.41) is 5.31. The van der Waals surface area contributed by atoms with Crippen LogP contribution in [0.5, 0.6) is 5.75 Å². The van der Waals surface area contributed by atoms with Crippen molar-refractivity contribution < 1.29 is 4.74 Å². The number of nitrogens with one attached hydrogen (secondary N) is 1. The van der Waals surface area contributed by atoms with Gasteiger partial charge in [-0.15, -0.1) is 11.3 Å². The highest BCUT2D eigenvalue weighted by Crippen LogP contribution is 2.27. The molecule has 1 N–H and O–H groups in total. The van der Waals surface area contributed by atoms with Crippen molar-refractivity contribution in [1.29, 1.82) is 0 Å². The second-order valence-electron chi connectivity index (χ2n) is 4.07. The van der Waals surface area contributed by atoms with Crippen molar-refractivity contribution >= 4 is 27.3 Å². The summed E-state index contributed by atoms with van der Waals surface area (Å²) < 4.78 is 7.02. The monoisotopic (exact) mass is 325 g/mol. The summed E-state index contributed by atoms with van der Waals surface area (Å²) in [4.78, 5) is 1.22. The minimum Gasteiger partial charge on any atom is -0.488 e. The van der Waals surface area contributed by atoms with E-state index in [4.69, 9.17) is 4.74 Å². The van der Waals surface area contributed by atoms with Gasteiger partial charge in [-0.25, -0.2) is 0 Å². The molecule has 0 amide bonds. The van der Waals surface area contributed by atoms with Gasteiger partial charge in [-0.3, -0.25) is 0 Å². The largest absolute Gasteiger partial charge is 0.488 e. The fourth-order valence-corrected chi connectivity index (χ4v) is 3.07. The van der Waals surface area contributed by atoms with E-state index in [2.05, 4.69) is 45.7 Å². The Morgan fingerprint density at radius 2 is 2.17 bits per heavy atom. The molecular formula is C14H16BrNOS. The van der Waals surface area contributed by atoms with Crippen molar-refractivity contribution in [2.45, 2.75) is 19.6 Å². The van der Waals surface area contributed by atoms with Crippen molar-refractivity contribution in [2.24, 2.45) is 0 Å². The summed E-state index contributed by atoms with van der Waals surface area (Å²) in [6.07, 6.45) is 0. The highest BCUT2D eigenvalue weighted by atomic mass is 79.9. The lowest BCUT2D eigenvalue weighted by Crippen LogP contribution is -2.13. The van der Waals surface area contributed by atoms with Gasteiger partial charge in [-0.1, -0.05) is 18.2 Å². The zero-order valence-electron chi connectivity index (χ0n) is 10.4. The number of benzene rings is 1. The molecule has 96 valence electrons. The number of hydrogen-bond acceptors (Lipinski definition) is 3. The van der Waals surface area contributed by atoms with E-state index in [0.717, 1.165) is 10.2 Å². The number of ether oxygens (including phenoxy) is 1. The molecule has 1 aromatic carbocycles. The van der Waals surface area contributed by atoms with E-state index in [0.29, 0.717) is 6.61 Å². The van der Waals surface area contributed by atoms with Gasteiger partial charge in [0.15, 0.2) is 0 Å². The second-order valence-corrected chi connectivity index (χ2v) is 5.98. The molecule has 18 heavy (non-hydrogen) atoms.